The van der Waals surface area contributed by atoms with Gasteiger partial charge >= 0.3 is 0 Å². The molecule has 1 saturated heterocycles. The molecule has 0 saturated carbocycles. The predicted octanol–water partition coefficient (Wildman–Crippen LogP) is 3.19. The van der Waals surface area contributed by atoms with Gasteiger partial charge in [-0.25, -0.2) is 13.4 Å². The van der Waals surface area contributed by atoms with E-state index in [2.05, 4.69) is 4.98 Å². The molecule has 120 valence electrons. The number of rotatable bonds is 3. The minimum Gasteiger partial charge on any atom is -0.328 e. The van der Waals surface area contributed by atoms with Crippen molar-refractivity contribution in [3.05, 3.63) is 23.0 Å². The van der Waals surface area contributed by atoms with Crippen molar-refractivity contribution in [1.82, 2.24) is 13.9 Å². The molecule has 1 aromatic carbocycles. The van der Waals surface area contributed by atoms with Gasteiger partial charge in [0.1, 0.15) is 10.7 Å². The first-order chi connectivity index (χ1) is 10.4. The van der Waals surface area contributed by atoms with Crippen LogP contribution in [0.25, 0.3) is 11.0 Å². The van der Waals surface area contributed by atoms with Gasteiger partial charge in [0.2, 0.25) is 10.0 Å². The van der Waals surface area contributed by atoms with Crippen LogP contribution in [0.2, 0.25) is 5.02 Å². The van der Waals surface area contributed by atoms with Crippen LogP contribution in [0.15, 0.2) is 17.0 Å². The van der Waals surface area contributed by atoms with E-state index >= 15 is 0 Å². The minimum atomic E-state index is -3.54. The second kappa shape index (κ2) is 5.83. The van der Waals surface area contributed by atoms with Crippen LogP contribution in [-0.2, 0) is 16.6 Å². The molecule has 5 nitrogen and oxygen atoms in total. The maximum Gasteiger partial charge on any atom is 0.244 e. The van der Waals surface area contributed by atoms with E-state index in [-0.39, 0.29) is 9.92 Å². The van der Waals surface area contributed by atoms with Gasteiger partial charge in [-0.15, -0.1) is 0 Å². The number of aryl methyl sites for hydroxylation is 2. The number of aromatic nitrogens is 2. The van der Waals surface area contributed by atoms with Crippen LogP contribution in [0.1, 0.15) is 32.0 Å². The topological polar surface area (TPSA) is 55.2 Å². The molecule has 22 heavy (non-hydrogen) atoms. The van der Waals surface area contributed by atoms with Gasteiger partial charge in [0.15, 0.2) is 0 Å². The highest BCUT2D eigenvalue weighted by molar-refractivity contribution is 7.89. The summed E-state index contributed by atoms with van der Waals surface area (Å²) in [5.74, 6) is 0.862. The number of sulfonamides is 1. The fourth-order valence-electron chi connectivity index (χ4n) is 3.09. The lowest BCUT2D eigenvalue weighted by atomic mass is 10.2. The monoisotopic (exact) mass is 341 g/mol. The third-order valence-electron chi connectivity index (χ3n) is 4.24. The van der Waals surface area contributed by atoms with E-state index in [4.69, 9.17) is 11.6 Å². The number of benzene rings is 1. The standard InChI is InChI=1S/C15H20ClN3O2S/c1-3-19-11(2)17-13-10-15(12(16)9-14(13)19)22(20,21)18-7-5-4-6-8-18/h9-10H,3-8H2,1-2H3. The Morgan fingerprint density at radius 2 is 1.91 bits per heavy atom. The van der Waals surface area contributed by atoms with Gasteiger partial charge in [0.05, 0.1) is 16.1 Å². The first-order valence-corrected chi connectivity index (χ1v) is 9.43. The molecule has 2 aromatic rings. The Morgan fingerprint density at radius 1 is 1.23 bits per heavy atom. The van der Waals surface area contributed by atoms with E-state index in [9.17, 15) is 8.42 Å². The number of hydrogen-bond acceptors (Lipinski definition) is 3. The van der Waals surface area contributed by atoms with Crippen LogP contribution < -0.4 is 0 Å². The van der Waals surface area contributed by atoms with Crippen LogP contribution in [-0.4, -0.2) is 35.4 Å². The van der Waals surface area contributed by atoms with Crippen molar-refractivity contribution in [3.8, 4) is 0 Å². The maximum absolute atomic E-state index is 12.8. The first-order valence-electron chi connectivity index (χ1n) is 7.61. The van der Waals surface area contributed by atoms with E-state index in [1.54, 1.807) is 12.1 Å². The molecule has 2 heterocycles. The summed E-state index contributed by atoms with van der Waals surface area (Å²) in [6.07, 6.45) is 2.89. The highest BCUT2D eigenvalue weighted by Gasteiger charge is 2.29. The third kappa shape index (κ3) is 2.53. The molecule has 1 fully saturated rings. The molecule has 0 unspecified atom stereocenters. The van der Waals surface area contributed by atoms with Gasteiger partial charge in [-0.1, -0.05) is 18.0 Å². The van der Waals surface area contributed by atoms with E-state index in [1.165, 1.54) is 4.31 Å². The summed E-state index contributed by atoms with van der Waals surface area (Å²) in [5, 5.41) is 0.271. The number of nitrogens with zero attached hydrogens (tertiary/aromatic N) is 3. The molecule has 0 bridgehead atoms. The fraction of sp³-hybridized carbons (Fsp3) is 0.533. The normalized spacial score (nSPS) is 17.2. The molecule has 7 heteroatoms. The van der Waals surface area contributed by atoms with Crippen LogP contribution >= 0.6 is 11.6 Å². The summed E-state index contributed by atoms with van der Waals surface area (Å²) in [7, 11) is -3.54. The molecule has 0 atom stereocenters. The van der Waals surface area contributed by atoms with E-state index in [1.807, 2.05) is 18.4 Å². The van der Waals surface area contributed by atoms with Crippen molar-refractivity contribution in [2.75, 3.05) is 13.1 Å². The van der Waals surface area contributed by atoms with Crippen molar-refractivity contribution >= 4 is 32.7 Å². The predicted molar refractivity (Wildman–Crippen MR) is 87.8 cm³/mol. The summed E-state index contributed by atoms with van der Waals surface area (Å²) in [6, 6.07) is 3.33. The van der Waals surface area contributed by atoms with Gasteiger partial charge in [-0.2, -0.15) is 4.31 Å². The van der Waals surface area contributed by atoms with Gasteiger partial charge < -0.3 is 4.57 Å². The smallest absolute Gasteiger partial charge is 0.244 e. The van der Waals surface area contributed by atoms with Crippen LogP contribution in [0.4, 0.5) is 0 Å². The Morgan fingerprint density at radius 3 is 2.55 bits per heavy atom. The molecule has 1 aliphatic heterocycles. The Kier molecular flexibility index (Phi) is 4.18. The van der Waals surface area contributed by atoms with Crippen LogP contribution in [0.5, 0.6) is 0 Å². The van der Waals surface area contributed by atoms with Crippen molar-refractivity contribution in [2.45, 2.75) is 44.6 Å². The molecule has 1 aromatic heterocycles. The Balaban J connectivity index is 2.12. The lowest BCUT2D eigenvalue weighted by Gasteiger charge is -2.26. The molecule has 0 amide bonds. The van der Waals surface area contributed by atoms with Crippen molar-refractivity contribution in [1.29, 1.82) is 0 Å². The highest BCUT2D eigenvalue weighted by atomic mass is 35.5. The third-order valence-corrected chi connectivity index (χ3v) is 6.61. The Labute approximate surface area is 135 Å². The fourth-order valence-corrected chi connectivity index (χ4v) is 5.12. The largest absolute Gasteiger partial charge is 0.328 e. The van der Waals surface area contributed by atoms with Crippen LogP contribution in [0.3, 0.4) is 0 Å². The van der Waals surface area contributed by atoms with Gasteiger partial charge in [0.25, 0.3) is 0 Å². The summed E-state index contributed by atoms with van der Waals surface area (Å²) in [5.41, 5.74) is 1.56. The van der Waals surface area contributed by atoms with Crippen molar-refractivity contribution in [2.24, 2.45) is 0 Å². The lowest BCUT2D eigenvalue weighted by molar-refractivity contribution is 0.346. The molecule has 0 spiro atoms. The molecular weight excluding hydrogens is 322 g/mol. The second-order valence-corrected chi connectivity index (χ2v) is 7.95. The quantitative estimate of drug-likeness (QED) is 0.861. The average Bonchev–Trinajstić information content (AvgIpc) is 2.81. The number of imidazole rings is 1. The van der Waals surface area contributed by atoms with Crippen molar-refractivity contribution < 1.29 is 8.42 Å². The van der Waals surface area contributed by atoms with E-state index < -0.39 is 10.0 Å². The molecular formula is C15H20ClN3O2S. The second-order valence-electron chi connectivity index (χ2n) is 5.64. The maximum atomic E-state index is 12.8. The minimum absolute atomic E-state index is 0.171. The highest BCUT2D eigenvalue weighted by Crippen LogP contribution is 2.31. The first kappa shape index (κ1) is 15.8. The summed E-state index contributed by atoms with van der Waals surface area (Å²) < 4.78 is 29.2. The van der Waals surface area contributed by atoms with Crippen molar-refractivity contribution in [3.63, 3.8) is 0 Å². The average molecular weight is 342 g/mol. The Bertz CT molecular complexity index is 808. The van der Waals surface area contributed by atoms with E-state index in [0.29, 0.717) is 18.6 Å². The van der Waals surface area contributed by atoms with Gasteiger partial charge in [-0.05, 0) is 38.8 Å². The zero-order valence-corrected chi connectivity index (χ0v) is 14.4. The Hall–Kier alpha value is -1.11. The zero-order valence-electron chi connectivity index (χ0n) is 12.8. The molecule has 0 N–H and O–H groups in total. The molecule has 0 aliphatic carbocycles. The molecule has 0 radical (unpaired) electrons. The summed E-state index contributed by atoms with van der Waals surface area (Å²) >= 11 is 6.30. The van der Waals surface area contributed by atoms with Gasteiger partial charge in [0, 0.05) is 19.6 Å². The molecule has 1 aliphatic rings. The number of hydrogen-bond donors (Lipinski definition) is 0. The molecule has 3 rings (SSSR count). The number of piperidine rings is 1. The SMILES string of the molecule is CCn1c(C)nc2cc(S(=O)(=O)N3CCCCC3)c(Cl)cc21. The number of halogens is 1. The van der Waals surface area contributed by atoms with Gasteiger partial charge in [-0.3, -0.25) is 0 Å². The summed E-state index contributed by atoms with van der Waals surface area (Å²) in [6.45, 7) is 5.85. The van der Waals surface area contributed by atoms with Crippen LogP contribution in [0, 0.1) is 6.92 Å². The summed E-state index contributed by atoms with van der Waals surface area (Å²) in [4.78, 5) is 4.64. The van der Waals surface area contributed by atoms with E-state index in [0.717, 1.165) is 37.1 Å². The number of fused-ring (bicyclic) bond motifs is 1. The lowest BCUT2D eigenvalue weighted by Crippen LogP contribution is -2.35. The zero-order chi connectivity index (χ0) is 15.9.